The van der Waals surface area contributed by atoms with E-state index in [0.717, 1.165) is 40.4 Å². The summed E-state index contributed by atoms with van der Waals surface area (Å²) in [4.78, 5) is 24.0. The van der Waals surface area contributed by atoms with Crippen molar-refractivity contribution in [1.82, 2.24) is 14.9 Å². The monoisotopic (exact) mass is 317 g/mol. The van der Waals surface area contributed by atoms with Crippen molar-refractivity contribution in [2.24, 2.45) is 0 Å². The van der Waals surface area contributed by atoms with Crippen LogP contribution in [-0.4, -0.2) is 27.8 Å². The highest BCUT2D eigenvalue weighted by atomic mass is 32.1. The van der Waals surface area contributed by atoms with Crippen LogP contribution >= 0.6 is 11.3 Å². The predicted octanol–water partition coefficient (Wildman–Crippen LogP) is 4.16. The van der Waals surface area contributed by atoms with Crippen LogP contribution in [0.3, 0.4) is 0 Å². The highest BCUT2D eigenvalue weighted by molar-refractivity contribution is 7.13. The molecule has 0 radical (unpaired) electrons. The number of hydrogen-bond acceptors (Lipinski definition) is 4. The second-order valence-corrected chi connectivity index (χ2v) is 6.71. The number of rotatable bonds is 6. The van der Waals surface area contributed by atoms with Gasteiger partial charge in [0.2, 0.25) is 0 Å². The molecule has 0 unspecified atom stereocenters. The second-order valence-electron chi connectivity index (χ2n) is 5.51. The summed E-state index contributed by atoms with van der Waals surface area (Å²) in [5.41, 5.74) is 1.91. The topological polar surface area (TPSA) is 46.1 Å². The van der Waals surface area contributed by atoms with Gasteiger partial charge in [0.05, 0.1) is 16.7 Å². The minimum absolute atomic E-state index is 0.0491. The summed E-state index contributed by atoms with van der Waals surface area (Å²) >= 11 is 1.47. The number of aromatic nitrogens is 2. The fourth-order valence-corrected chi connectivity index (χ4v) is 3.49. The van der Waals surface area contributed by atoms with Crippen molar-refractivity contribution in [3.8, 4) is 0 Å². The minimum Gasteiger partial charge on any atom is -0.334 e. The third-order valence-electron chi connectivity index (χ3n) is 3.79. The van der Waals surface area contributed by atoms with Crippen LogP contribution in [0.5, 0.6) is 0 Å². The highest BCUT2D eigenvalue weighted by Gasteiger charge is 2.25. The average molecular weight is 317 g/mol. The van der Waals surface area contributed by atoms with Crippen LogP contribution in [-0.2, 0) is 0 Å². The van der Waals surface area contributed by atoms with E-state index in [1.54, 1.807) is 6.20 Å². The van der Waals surface area contributed by atoms with Gasteiger partial charge in [0, 0.05) is 19.4 Å². The normalized spacial score (nSPS) is 12.2. The fourth-order valence-electron chi connectivity index (χ4n) is 2.59. The lowest BCUT2D eigenvalue weighted by molar-refractivity contribution is 0.0724. The summed E-state index contributed by atoms with van der Waals surface area (Å²) in [6, 6.07) is 4.03. The molecule has 2 aromatic rings. The summed E-state index contributed by atoms with van der Waals surface area (Å²) in [5, 5.41) is 0.931. The standard InChI is InChI=1S/C17H23N3OS/c1-5-6-9-15(14-8-7-10-18-11-14)20(4)17(21)16-12(2)19-13(3)22-16/h7-8,10-11,15H,5-6,9H2,1-4H3/t15-/m1/s1. The van der Waals surface area contributed by atoms with Gasteiger partial charge in [0.1, 0.15) is 4.88 Å². The Balaban J connectivity index is 2.26. The summed E-state index contributed by atoms with van der Waals surface area (Å²) in [5.74, 6) is 0.0491. The Hall–Kier alpha value is -1.75. The maximum atomic E-state index is 12.8. The van der Waals surface area contributed by atoms with Crippen LogP contribution in [0.2, 0.25) is 0 Å². The zero-order valence-electron chi connectivity index (χ0n) is 13.7. The first-order valence-electron chi connectivity index (χ1n) is 7.65. The van der Waals surface area contributed by atoms with E-state index in [-0.39, 0.29) is 11.9 Å². The van der Waals surface area contributed by atoms with E-state index in [0.29, 0.717) is 0 Å². The molecule has 0 aliphatic rings. The van der Waals surface area contributed by atoms with Gasteiger partial charge >= 0.3 is 0 Å². The number of pyridine rings is 1. The van der Waals surface area contributed by atoms with Crippen LogP contribution in [0.25, 0.3) is 0 Å². The number of unbranched alkanes of at least 4 members (excludes halogenated alkanes) is 1. The van der Waals surface area contributed by atoms with Crippen molar-refractivity contribution >= 4 is 17.2 Å². The zero-order valence-corrected chi connectivity index (χ0v) is 14.5. The van der Waals surface area contributed by atoms with E-state index in [1.165, 1.54) is 11.3 Å². The van der Waals surface area contributed by atoms with Gasteiger partial charge in [0.15, 0.2) is 0 Å². The molecule has 1 atom stereocenters. The van der Waals surface area contributed by atoms with Gasteiger partial charge < -0.3 is 4.90 Å². The molecule has 0 fully saturated rings. The maximum Gasteiger partial charge on any atom is 0.266 e. The molecule has 0 N–H and O–H groups in total. The molecule has 0 spiro atoms. The molecular weight excluding hydrogens is 294 g/mol. The zero-order chi connectivity index (χ0) is 16.1. The highest BCUT2D eigenvalue weighted by Crippen LogP contribution is 2.28. The Kier molecular flexibility index (Phi) is 5.66. The molecule has 0 aromatic carbocycles. The van der Waals surface area contributed by atoms with E-state index < -0.39 is 0 Å². The molecule has 0 aliphatic carbocycles. The van der Waals surface area contributed by atoms with Crippen LogP contribution in [0.1, 0.15) is 58.2 Å². The molecule has 0 bridgehead atoms. The third kappa shape index (κ3) is 3.71. The van der Waals surface area contributed by atoms with Crippen molar-refractivity contribution < 1.29 is 4.79 Å². The molecule has 4 nitrogen and oxygen atoms in total. The number of thiazole rings is 1. The lowest BCUT2D eigenvalue weighted by Crippen LogP contribution is -2.31. The van der Waals surface area contributed by atoms with E-state index >= 15 is 0 Å². The largest absolute Gasteiger partial charge is 0.334 e. The Labute approximate surface area is 136 Å². The average Bonchev–Trinajstić information content (AvgIpc) is 2.86. The maximum absolute atomic E-state index is 12.8. The number of amides is 1. The Morgan fingerprint density at radius 1 is 1.41 bits per heavy atom. The number of aryl methyl sites for hydroxylation is 2. The summed E-state index contributed by atoms with van der Waals surface area (Å²) in [6.45, 7) is 6.00. The first kappa shape index (κ1) is 16.6. The van der Waals surface area contributed by atoms with E-state index in [4.69, 9.17) is 0 Å². The van der Waals surface area contributed by atoms with Crippen LogP contribution in [0.15, 0.2) is 24.5 Å². The Morgan fingerprint density at radius 3 is 2.73 bits per heavy atom. The summed E-state index contributed by atoms with van der Waals surface area (Å²) in [6.07, 6.45) is 6.75. The van der Waals surface area contributed by atoms with Gasteiger partial charge in [-0.05, 0) is 31.9 Å². The first-order valence-corrected chi connectivity index (χ1v) is 8.47. The van der Waals surface area contributed by atoms with E-state index in [2.05, 4.69) is 16.9 Å². The SMILES string of the molecule is CCCC[C@H](c1cccnc1)N(C)C(=O)c1sc(C)nc1C. The molecule has 0 saturated carbocycles. The minimum atomic E-state index is 0.0491. The Bertz CT molecular complexity index is 624. The van der Waals surface area contributed by atoms with Gasteiger partial charge in [-0.1, -0.05) is 25.8 Å². The Morgan fingerprint density at radius 2 is 2.18 bits per heavy atom. The number of nitrogens with zero attached hydrogens (tertiary/aromatic N) is 3. The predicted molar refractivity (Wildman–Crippen MR) is 90.2 cm³/mol. The number of carbonyl (C=O) groups is 1. The molecule has 0 saturated heterocycles. The van der Waals surface area contributed by atoms with Crippen molar-refractivity contribution in [2.75, 3.05) is 7.05 Å². The number of hydrogen-bond donors (Lipinski definition) is 0. The summed E-state index contributed by atoms with van der Waals surface area (Å²) in [7, 11) is 1.88. The quantitative estimate of drug-likeness (QED) is 0.803. The lowest BCUT2D eigenvalue weighted by atomic mass is 10.0. The molecule has 2 rings (SSSR count). The van der Waals surface area contributed by atoms with Crippen LogP contribution in [0.4, 0.5) is 0 Å². The first-order chi connectivity index (χ1) is 10.5. The molecule has 118 valence electrons. The molecule has 1 amide bonds. The molecule has 0 aliphatic heterocycles. The number of carbonyl (C=O) groups excluding carboxylic acids is 1. The van der Waals surface area contributed by atoms with Crippen molar-refractivity contribution in [3.63, 3.8) is 0 Å². The molecule has 5 heteroatoms. The van der Waals surface area contributed by atoms with Crippen LogP contribution in [0, 0.1) is 13.8 Å². The second kappa shape index (κ2) is 7.49. The van der Waals surface area contributed by atoms with Gasteiger partial charge in [0.25, 0.3) is 5.91 Å². The third-order valence-corrected chi connectivity index (χ3v) is 4.85. The molecular formula is C17H23N3OS. The summed E-state index contributed by atoms with van der Waals surface area (Å²) < 4.78 is 0. The fraction of sp³-hybridized carbons (Fsp3) is 0.471. The molecule has 2 heterocycles. The lowest BCUT2D eigenvalue weighted by Gasteiger charge is -2.28. The van der Waals surface area contributed by atoms with Gasteiger partial charge in [-0.2, -0.15) is 0 Å². The molecule has 22 heavy (non-hydrogen) atoms. The van der Waals surface area contributed by atoms with Crippen molar-refractivity contribution in [1.29, 1.82) is 0 Å². The van der Waals surface area contributed by atoms with Crippen molar-refractivity contribution in [3.05, 3.63) is 45.7 Å². The smallest absolute Gasteiger partial charge is 0.266 e. The van der Waals surface area contributed by atoms with Gasteiger partial charge in [-0.15, -0.1) is 11.3 Å². The van der Waals surface area contributed by atoms with Crippen molar-refractivity contribution in [2.45, 2.75) is 46.1 Å². The van der Waals surface area contributed by atoms with E-state index in [1.807, 2.05) is 44.1 Å². The van der Waals surface area contributed by atoms with Gasteiger partial charge in [-0.25, -0.2) is 4.98 Å². The van der Waals surface area contributed by atoms with E-state index in [9.17, 15) is 4.79 Å². The molecule has 2 aromatic heterocycles. The van der Waals surface area contributed by atoms with Crippen LogP contribution < -0.4 is 0 Å². The van der Waals surface area contributed by atoms with Gasteiger partial charge in [-0.3, -0.25) is 9.78 Å².